The molecule has 2 N–H and O–H groups in total. The van der Waals surface area contributed by atoms with E-state index in [2.05, 4.69) is 10.0 Å². The number of nitrogens with zero attached hydrogens (tertiary/aromatic N) is 1. The molecular formula is C19H23ClFN3O3S. The highest BCUT2D eigenvalue weighted by Crippen LogP contribution is 2.19. The van der Waals surface area contributed by atoms with Crippen LogP contribution in [0.3, 0.4) is 0 Å². The zero-order valence-electron chi connectivity index (χ0n) is 15.4. The van der Waals surface area contributed by atoms with E-state index in [0.29, 0.717) is 23.8 Å². The average Bonchev–Trinajstić information content (AvgIpc) is 2.68. The van der Waals surface area contributed by atoms with Crippen LogP contribution in [0.2, 0.25) is 0 Å². The number of halogens is 2. The minimum absolute atomic E-state index is 0. The van der Waals surface area contributed by atoms with Gasteiger partial charge in [0.25, 0.3) is 15.9 Å². The number of carbonyl (C=O) groups excluding carboxylic acids is 1. The summed E-state index contributed by atoms with van der Waals surface area (Å²) in [5.74, 6) is -0.571. The Bertz CT molecular complexity index is 905. The molecule has 0 aromatic heterocycles. The molecule has 1 aliphatic heterocycles. The molecule has 3 rings (SSSR count). The van der Waals surface area contributed by atoms with E-state index >= 15 is 0 Å². The van der Waals surface area contributed by atoms with Gasteiger partial charge in [-0.15, -0.1) is 12.4 Å². The lowest BCUT2D eigenvalue weighted by Crippen LogP contribution is -2.46. The van der Waals surface area contributed by atoms with Crippen LogP contribution in [-0.4, -0.2) is 45.4 Å². The van der Waals surface area contributed by atoms with Gasteiger partial charge >= 0.3 is 0 Å². The molecule has 9 heteroatoms. The van der Waals surface area contributed by atoms with Gasteiger partial charge in [0, 0.05) is 30.4 Å². The summed E-state index contributed by atoms with van der Waals surface area (Å²) in [6.07, 6.45) is 2.00. The number of sulfonamides is 1. The molecule has 1 fully saturated rings. The zero-order valence-corrected chi connectivity index (χ0v) is 17.0. The summed E-state index contributed by atoms with van der Waals surface area (Å²) in [6.45, 7) is 1.38. The Morgan fingerprint density at radius 2 is 1.75 bits per heavy atom. The molecule has 1 saturated heterocycles. The van der Waals surface area contributed by atoms with E-state index in [-0.39, 0.29) is 23.2 Å². The summed E-state index contributed by atoms with van der Waals surface area (Å²) in [6, 6.07) is 11.2. The number of hydrogen-bond donors (Lipinski definition) is 2. The molecule has 1 unspecified atom stereocenters. The maximum absolute atomic E-state index is 13.0. The van der Waals surface area contributed by atoms with Gasteiger partial charge in [0.15, 0.2) is 0 Å². The minimum atomic E-state index is -3.81. The molecule has 2 aromatic carbocycles. The molecule has 152 valence electrons. The lowest BCUT2D eigenvalue weighted by molar-refractivity contribution is 0.0698. The molecule has 0 bridgehead atoms. The van der Waals surface area contributed by atoms with E-state index in [4.69, 9.17) is 0 Å². The van der Waals surface area contributed by atoms with Crippen molar-refractivity contribution >= 4 is 34.0 Å². The molecule has 0 radical (unpaired) electrons. The molecule has 1 amide bonds. The van der Waals surface area contributed by atoms with Gasteiger partial charge in [-0.3, -0.25) is 9.52 Å². The fourth-order valence-corrected chi connectivity index (χ4v) is 4.15. The Morgan fingerprint density at radius 1 is 1.11 bits per heavy atom. The van der Waals surface area contributed by atoms with Crippen molar-refractivity contribution in [2.75, 3.05) is 24.9 Å². The van der Waals surface area contributed by atoms with Crippen molar-refractivity contribution in [2.24, 2.45) is 0 Å². The van der Waals surface area contributed by atoms with Gasteiger partial charge in [-0.25, -0.2) is 12.8 Å². The number of likely N-dealkylation sites (N-methyl/N-ethyl adjacent to an activating group) is 1. The number of anilines is 1. The van der Waals surface area contributed by atoms with Crippen molar-refractivity contribution in [3.8, 4) is 0 Å². The van der Waals surface area contributed by atoms with E-state index < -0.39 is 15.8 Å². The Hall–Kier alpha value is -2.16. The Morgan fingerprint density at radius 3 is 2.36 bits per heavy atom. The van der Waals surface area contributed by atoms with Crippen LogP contribution in [0.1, 0.15) is 23.2 Å². The SMILES string of the molecule is CNC1CCCN(C(=O)c2ccc(NS(=O)(=O)c3ccc(F)cc3)cc2)C1.Cl. The first kappa shape index (κ1) is 22.1. The van der Waals surface area contributed by atoms with Crippen LogP contribution in [0.25, 0.3) is 0 Å². The summed E-state index contributed by atoms with van der Waals surface area (Å²) >= 11 is 0. The summed E-state index contributed by atoms with van der Waals surface area (Å²) in [4.78, 5) is 14.4. The van der Waals surface area contributed by atoms with Gasteiger partial charge in [-0.2, -0.15) is 0 Å². The second kappa shape index (κ2) is 9.36. The smallest absolute Gasteiger partial charge is 0.261 e. The predicted octanol–water partition coefficient (Wildman–Crippen LogP) is 2.87. The third-order valence-corrected chi connectivity index (χ3v) is 6.02. The third-order valence-electron chi connectivity index (χ3n) is 4.62. The van der Waals surface area contributed by atoms with Crippen molar-refractivity contribution in [3.05, 3.63) is 59.9 Å². The van der Waals surface area contributed by atoms with Gasteiger partial charge in [-0.05, 0) is 68.4 Å². The average molecular weight is 428 g/mol. The van der Waals surface area contributed by atoms with Crippen molar-refractivity contribution in [1.82, 2.24) is 10.2 Å². The van der Waals surface area contributed by atoms with Crippen molar-refractivity contribution < 1.29 is 17.6 Å². The fourth-order valence-electron chi connectivity index (χ4n) is 3.09. The monoisotopic (exact) mass is 427 g/mol. The van der Waals surface area contributed by atoms with Crippen LogP contribution < -0.4 is 10.0 Å². The Balaban J connectivity index is 0.00000280. The third kappa shape index (κ3) is 5.21. The quantitative estimate of drug-likeness (QED) is 0.769. The van der Waals surface area contributed by atoms with E-state index in [1.807, 2.05) is 11.9 Å². The number of likely N-dealkylation sites (tertiary alicyclic amines) is 1. The topological polar surface area (TPSA) is 78.5 Å². The van der Waals surface area contributed by atoms with Crippen LogP contribution in [0.15, 0.2) is 53.4 Å². The number of nitrogens with one attached hydrogen (secondary N) is 2. The van der Waals surface area contributed by atoms with Crippen molar-refractivity contribution in [1.29, 1.82) is 0 Å². The van der Waals surface area contributed by atoms with Gasteiger partial charge in [0.1, 0.15) is 5.82 Å². The van der Waals surface area contributed by atoms with Crippen LogP contribution in [0.4, 0.5) is 10.1 Å². The van der Waals surface area contributed by atoms with Crippen LogP contribution >= 0.6 is 12.4 Å². The molecule has 6 nitrogen and oxygen atoms in total. The maximum Gasteiger partial charge on any atom is 0.261 e. The summed E-state index contributed by atoms with van der Waals surface area (Å²) in [7, 11) is -1.93. The van der Waals surface area contributed by atoms with Crippen LogP contribution in [0, 0.1) is 5.82 Å². The molecule has 1 heterocycles. The number of piperidine rings is 1. The van der Waals surface area contributed by atoms with Gasteiger partial charge in [0.05, 0.1) is 4.90 Å². The van der Waals surface area contributed by atoms with Gasteiger partial charge < -0.3 is 10.2 Å². The van der Waals surface area contributed by atoms with E-state index in [1.165, 1.54) is 12.1 Å². The second-order valence-electron chi connectivity index (χ2n) is 6.52. The first-order valence-electron chi connectivity index (χ1n) is 8.74. The van der Waals surface area contributed by atoms with Crippen molar-refractivity contribution in [2.45, 2.75) is 23.8 Å². The molecule has 1 aliphatic rings. The van der Waals surface area contributed by atoms with Gasteiger partial charge in [-0.1, -0.05) is 0 Å². The van der Waals surface area contributed by atoms with E-state index in [0.717, 1.165) is 31.5 Å². The summed E-state index contributed by atoms with van der Waals surface area (Å²) in [5.41, 5.74) is 0.846. The molecule has 1 atom stereocenters. The normalized spacial score (nSPS) is 16.9. The highest BCUT2D eigenvalue weighted by molar-refractivity contribution is 7.92. The molecule has 28 heavy (non-hydrogen) atoms. The van der Waals surface area contributed by atoms with Crippen LogP contribution in [0.5, 0.6) is 0 Å². The number of benzene rings is 2. The minimum Gasteiger partial charge on any atom is -0.337 e. The second-order valence-corrected chi connectivity index (χ2v) is 8.20. The molecule has 2 aromatic rings. The maximum atomic E-state index is 13.0. The first-order valence-corrected chi connectivity index (χ1v) is 10.2. The summed E-state index contributed by atoms with van der Waals surface area (Å²) < 4.78 is 40.1. The Kier molecular flexibility index (Phi) is 7.40. The largest absolute Gasteiger partial charge is 0.337 e. The summed E-state index contributed by atoms with van der Waals surface area (Å²) in [5, 5.41) is 3.20. The van der Waals surface area contributed by atoms with E-state index in [1.54, 1.807) is 24.3 Å². The molecule has 0 spiro atoms. The lowest BCUT2D eigenvalue weighted by Gasteiger charge is -2.32. The zero-order chi connectivity index (χ0) is 19.4. The van der Waals surface area contributed by atoms with Crippen LogP contribution in [-0.2, 0) is 10.0 Å². The number of amides is 1. The lowest BCUT2D eigenvalue weighted by atomic mass is 10.0. The predicted molar refractivity (Wildman–Crippen MR) is 109 cm³/mol. The fraction of sp³-hybridized carbons (Fsp3) is 0.316. The molecule has 0 saturated carbocycles. The molecular weight excluding hydrogens is 405 g/mol. The molecule has 0 aliphatic carbocycles. The number of hydrogen-bond acceptors (Lipinski definition) is 4. The number of carbonyl (C=O) groups is 1. The van der Waals surface area contributed by atoms with Crippen molar-refractivity contribution in [3.63, 3.8) is 0 Å². The highest BCUT2D eigenvalue weighted by Gasteiger charge is 2.23. The standard InChI is InChI=1S/C19H22FN3O3S.ClH/c1-21-17-3-2-12-23(13-17)19(24)14-4-8-16(9-5-14)22-27(25,26)18-10-6-15(20)7-11-18;/h4-11,17,21-22H,2-3,12-13H2,1H3;1H. The van der Waals surface area contributed by atoms with E-state index in [9.17, 15) is 17.6 Å². The van der Waals surface area contributed by atoms with Gasteiger partial charge in [0.2, 0.25) is 0 Å². The first-order chi connectivity index (χ1) is 12.9. The highest BCUT2D eigenvalue weighted by atomic mass is 35.5. The number of rotatable bonds is 5. The Labute approximate surface area is 170 Å².